The Balaban J connectivity index is 3.51. The van der Waals surface area contributed by atoms with Crippen molar-refractivity contribution < 1.29 is 0 Å². The SMILES string of the molecule is C=C/C=C\C/C=C(/C)CC. The molecular weight excluding hydrogens is 120 g/mol. The van der Waals surface area contributed by atoms with Crippen LogP contribution in [0.1, 0.15) is 26.7 Å². The topological polar surface area (TPSA) is 0 Å². The molecule has 0 N–H and O–H groups in total. The van der Waals surface area contributed by atoms with Crippen LogP contribution in [0.2, 0.25) is 0 Å². The quantitative estimate of drug-likeness (QED) is 0.410. The zero-order valence-corrected chi connectivity index (χ0v) is 6.93. The van der Waals surface area contributed by atoms with Crippen LogP contribution >= 0.6 is 0 Å². The molecule has 0 atom stereocenters. The number of allylic oxidation sites excluding steroid dienone is 5. The van der Waals surface area contributed by atoms with Gasteiger partial charge in [-0.3, -0.25) is 0 Å². The summed E-state index contributed by atoms with van der Waals surface area (Å²) in [5.74, 6) is 0. The third-order valence-corrected chi connectivity index (χ3v) is 1.43. The van der Waals surface area contributed by atoms with Crippen molar-refractivity contribution in [1.82, 2.24) is 0 Å². The van der Waals surface area contributed by atoms with Crippen molar-refractivity contribution in [2.75, 3.05) is 0 Å². The first-order valence-electron chi connectivity index (χ1n) is 3.74. The standard InChI is InChI=1S/C10H16/c1-4-6-7-8-9-10(3)5-2/h4,6-7,9H,1,5,8H2,2-3H3/b7-6-,10-9-. The lowest BCUT2D eigenvalue weighted by Gasteiger charge is -1.90. The maximum absolute atomic E-state index is 3.59. The highest BCUT2D eigenvalue weighted by molar-refractivity contribution is 5.04. The summed E-state index contributed by atoms with van der Waals surface area (Å²) in [6.07, 6.45) is 10.3. The molecule has 0 aromatic carbocycles. The van der Waals surface area contributed by atoms with Crippen LogP contribution in [0, 0.1) is 0 Å². The molecule has 10 heavy (non-hydrogen) atoms. The third kappa shape index (κ3) is 5.36. The van der Waals surface area contributed by atoms with Crippen LogP contribution in [0.3, 0.4) is 0 Å². The van der Waals surface area contributed by atoms with Crippen LogP contribution in [0.4, 0.5) is 0 Å². The van der Waals surface area contributed by atoms with Crippen molar-refractivity contribution >= 4 is 0 Å². The summed E-state index contributed by atoms with van der Waals surface area (Å²) in [6, 6.07) is 0. The average molecular weight is 136 g/mol. The molecule has 0 aliphatic carbocycles. The lowest BCUT2D eigenvalue weighted by atomic mass is 10.2. The molecule has 0 unspecified atom stereocenters. The highest BCUT2D eigenvalue weighted by atomic mass is 13.9. The van der Waals surface area contributed by atoms with Crippen LogP contribution in [-0.2, 0) is 0 Å². The van der Waals surface area contributed by atoms with Crippen LogP contribution in [0.25, 0.3) is 0 Å². The van der Waals surface area contributed by atoms with Gasteiger partial charge >= 0.3 is 0 Å². The van der Waals surface area contributed by atoms with E-state index in [0.29, 0.717) is 0 Å². The molecule has 0 aromatic heterocycles. The lowest BCUT2D eigenvalue weighted by molar-refractivity contribution is 1.08. The first-order chi connectivity index (χ1) is 4.81. The van der Waals surface area contributed by atoms with Crippen molar-refractivity contribution in [2.45, 2.75) is 26.7 Å². The zero-order chi connectivity index (χ0) is 7.82. The van der Waals surface area contributed by atoms with Crippen LogP contribution in [0.5, 0.6) is 0 Å². The molecule has 0 aliphatic rings. The molecule has 0 nitrogen and oxygen atoms in total. The van der Waals surface area contributed by atoms with E-state index >= 15 is 0 Å². The van der Waals surface area contributed by atoms with E-state index in [2.05, 4.69) is 32.6 Å². The molecule has 0 bridgehead atoms. The van der Waals surface area contributed by atoms with Gasteiger partial charge in [-0.25, -0.2) is 0 Å². The van der Waals surface area contributed by atoms with Crippen LogP contribution in [-0.4, -0.2) is 0 Å². The molecule has 0 saturated heterocycles. The first kappa shape index (κ1) is 9.22. The maximum Gasteiger partial charge on any atom is -0.0163 e. The average Bonchev–Trinajstić information content (AvgIpc) is 1.98. The fourth-order valence-corrected chi connectivity index (χ4v) is 0.588. The fraction of sp³-hybridized carbons (Fsp3) is 0.400. The predicted octanol–water partition coefficient (Wildman–Crippen LogP) is 3.48. The van der Waals surface area contributed by atoms with Crippen molar-refractivity contribution in [2.24, 2.45) is 0 Å². The van der Waals surface area contributed by atoms with Gasteiger partial charge in [0.15, 0.2) is 0 Å². The Hall–Kier alpha value is -0.780. The van der Waals surface area contributed by atoms with Gasteiger partial charge in [0.1, 0.15) is 0 Å². The molecule has 0 heteroatoms. The molecule has 0 rings (SSSR count). The Kier molecular flexibility index (Phi) is 5.85. The van der Waals surface area contributed by atoms with Gasteiger partial charge in [-0.1, -0.05) is 43.4 Å². The van der Waals surface area contributed by atoms with Crippen LogP contribution < -0.4 is 0 Å². The van der Waals surface area contributed by atoms with Gasteiger partial charge in [0, 0.05) is 0 Å². The van der Waals surface area contributed by atoms with Gasteiger partial charge in [0.05, 0.1) is 0 Å². The zero-order valence-electron chi connectivity index (χ0n) is 6.93. The van der Waals surface area contributed by atoms with Crippen molar-refractivity contribution in [1.29, 1.82) is 0 Å². The van der Waals surface area contributed by atoms with E-state index < -0.39 is 0 Å². The number of hydrogen-bond donors (Lipinski definition) is 0. The van der Waals surface area contributed by atoms with E-state index in [1.807, 2.05) is 6.08 Å². The largest absolute Gasteiger partial charge is 0.0991 e. The molecule has 0 fully saturated rings. The summed E-state index contributed by atoms with van der Waals surface area (Å²) in [4.78, 5) is 0. The molecule has 0 radical (unpaired) electrons. The summed E-state index contributed by atoms with van der Waals surface area (Å²) in [6.45, 7) is 7.91. The smallest absolute Gasteiger partial charge is 0.0163 e. The fourth-order valence-electron chi connectivity index (χ4n) is 0.588. The molecule has 0 saturated carbocycles. The summed E-state index contributed by atoms with van der Waals surface area (Å²) < 4.78 is 0. The van der Waals surface area contributed by atoms with Gasteiger partial charge in [-0.15, -0.1) is 0 Å². The molecule has 0 spiro atoms. The van der Waals surface area contributed by atoms with E-state index in [1.54, 1.807) is 6.08 Å². The van der Waals surface area contributed by atoms with Gasteiger partial charge in [-0.05, 0) is 19.8 Å². The summed E-state index contributed by atoms with van der Waals surface area (Å²) in [5, 5.41) is 0. The lowest BCUT2D eigenvalue weighted by Crippen LogP contribution is -1.69. The molecule has 0 heterocycles. The second-order valence-corrected chi connectivity index (χ2v) is 2.30. The minimum absolute atomic E-state index is 1.03. The van der Waals surface area contributed by atoms with Gasteiger partial charge in [0.25, 0.3) is 0 Å². The Morgan fingerprint density at radius 1 is 1.50 bits per heavy atom. The Bertz CT molecular complexity index is 138. The normalized spacial score (nSPS) is 12.4. The van der Waals surface area contributed by atoms with Crippen molar-refractivity contribution in [3.63, 3.8) is 0 Å². The second-order valence-electron chi connectivity index (χ2n) is 2.30. The Labute approximate surface area is 64.0 Å². The molecule has 0 aromatic rings. The van der Waals surface area contributed by atoms with Gasteiger partial charge in [0.2, 0.25) is 0 Å². The van der Waals surface area contributed by atoms with E-state index in [-0.39, 0.29) is 0 Å². The monoisotopic (exact) mass is 136 g/mol. The highest BCUT2D eigenvalue weighted by Crippen LogP contribution is 1.99. The van der Waals surface area contributed by atoms with E-state index in [9.17, 15) is 0 Å². The number of hydrogen-bond acceptors (Lipinski definition) is 0. The molecule has 56 valence electrons. The summed E-state index contributed by atoms with van der Waals surface area (Å²) >= 11 is 0. The van der Waals surface area contributed by atoms with Gasteiger partial charge in [-0.2, -0.15) is 0 Å². The Morgan fingerprint density at radius 2 is 2.20 bits per heavy atom. The van der Waals surface area contributed by atoms with E-state index in [1.165, 1.54) is 5.57 Å². The summed E-state index contributed by atoms with van der Waals surface area (Å²) in [7, 11) is 0. The second kappa shape index (κ2) is 6.34. The minimum atomic E-state index is 1.03. The van der Waals surface area contributed by atoms with Gasteiger partial charge < -0.3 is 0 Å². The number of rotatable bonds is 4. The third-order valence-electron chi connectivity index (χ3n) is 1.43. The van der Waals surface area contributed by atoms with Crippen molar-refractivity contribution in [3.05, 3.63) is 36.5 Å². The van der Waals surface area contributed by atoms with E-state index in [4.69, 9.17) is 0 Å². The molecular formula is C10H16. The van der Waals surface area contributed by atoms with E-state index in [0.717, 1.165) is 12.8 Å². The highest BCUT2D eigenvalue weighted by Gasteiger charge is 1.78. The molecule has 0 aliphatic heterocycles. The predicted molar refractivity (Wildman–Crippen MR) is 48.0 cm³/mol. The summed E-state index contributed by atoms with van der Waals surface area (Å²) in [5.41, 5.74) is 1.45. The molecule has 0 amide bonds. The minimum Gasteiger partial charge on any atom is -0.0991 e. The van der Waals surface area contributed by atoms with Crippen LogP contribution in [0.15, 0.2) is 36.5 Å². The first-order valence-corrected chi connectivity index (χ1v) is 3.74. The maximum atomic E-state index is 3.59. The van der Waals surface area contributed by atoms with Crippen molar-refractivity contribution in [3.8, 4) is 0 Å². The Morgan fingerprint density at radius 3 is 2.70 bits per heavy atom.